The summed E-state index contributed by atoms with van der Waals surface area (Å²) in [5.41, 5.74) is 0. The maximum atomic E-state index is 11.4. The second-order valence-electron chi connectivity index (χ2n) is 6.76. The number of hydrogen-bond donors (Lipinski definition) is 0. The SMILES string of the molecule is C=CC(=O)OCCC[Si](CCCOC(=O)C=C)(c1ccccc1)c1ccccc1. The van der Waals surface area contributed by atoms with Crippen LogP contribution in [0.4, 0.5) is 0 Å². The fourth-order valence-corrected chi connectivity index (χ4v) is 8.49. The van der Waals surface area contributed by atoms with E-state index >= 15 is 0 Å². The van der Waals surface area contributed by atoms with E-state index < -0.39 is 20.0 Å². The molecule has 0 aliphatic heterocycles. The zero-order valence-electron chi connectivity index (χ0n) is 16.7. The molecule has 0 atom stereocenters. The first-order valence-electron chi connectivity index (χ1n) is 9.82. The van der Waals surface area contributed by atoms with Gasteiger partial charge >= 0.3 is 11.9 Å². The molecule has 0 heterocycles. The third-order valence-corrected chi connectivity index (χ3v) is 10.3. The van der Waals surface area contributed by atoms with Crippen LogP contribution in [0.5, 0.6) is 0 Å². The summed E-state index contributed by atoms with van der Waals surface area (Å²) in [4.78, 5) is 22.8. The summed E-state index contributed by atoms with van der Waals surface area (Å²) in [7, 11) is -2.15. The van der Waals surface area contributed by atoms with E-state index in [0.717, 1.165) is 24.9 Å². The minimum absolute atomic E-state index is 0.366. The van der Waals surface area contributed by atoms with Crippen LogP contribution in [0.25, 0.3) is 0 Å². The Labute approximate surface area is 173 Å². The Morgan fingerprint density at radius 2 is 1.10 bits per heavy atom. The fraction of sp³-hybridized carbons (Fsp3) is 0.250. The Kier molecular flexibility index (Phi) is 9.11. The van der Waals surface area contributed by atoms with Crippen LogP contribution in [0.15, 0.2) is 86.0 Å². The van der Waals surface area contributed by atoms with Gasteiger partial charge in [-0.05, 0) is 24.9 Å². The molecule has 0 aromatic heterocycles. The van der Waals surface area contributed by atoms with Gasteiger partial charge in [0.2, 0.25) is 0 Å². The van der Waals surface area contributed by atoms with E-state index in [1.54, 1.807) is 0 Å². The quantitative estimate of drug-likeness (QED) is 0.233. The first kappa shape index (κ1) is 22.4. The highest BCUT2D eigenvalue weighted by Crippen LogP contribution is 2.21. The Balaban J connectivity index is 2.26. The average Bonchev–Trinajstić information content (AvgIpc) is 2.78. The molecule has 4 nitrogen and oxygen atoms in total. The molecule has 0 spiro atoms. The van der Waals surface area contributed by atoms with Gasteiger partial charge in [-0.25, -0.2) is 9.59 Å². The van der Waals surface area contributed by atoms with Crippen LogP contribution in [0, 0.1) is 0 Å². The first-order valence-corrected chi connectivity index (χ1v) is 12.2. The molecule has 2 rings (SSSR count). The molecule has 0 saturated heterocycles. The molecular formula is C24H28O4Si. The van der Waals surface area contributed by atoms with Gasteiger partial charge < -0.3 is 9.47 Å². The largest absolute Gasteiger partial charge is 0.463 e. The highest BCUT2D eigenvalue weighted by Gasteiger charge is 2.36. The van der Waals surface area contributed by atoms with Crippen molar-refractivity contribution in [3.8, 4) is 0 Å². The number of rotatable bonds is 12. The molecule has 0 bridgehead atoms. The summed E-state index contributed by atoms with van der Waals surface area (Å²) in [6.45, 7) is 7.61. The molecule has 0 aliphatic rings. The van der Waals surface area contributed by atoms with Gasteiger partial charge in [-0.2, -0.15) is 0 Å². The van der Waals surface area contributed by atoms with Crippen molar-refractivity contribution in [1.29, 1.82) is 0 Å². The number of esters is 2. The third kappa shape index (κ3) is 6.57. The van der Waals surface area contributed by atoms with Gasteiger partial charge in [-0.15, -0.1) is 0 Å². The molecule has 0 N–H and O–H groups in total. The van der Waals surface area contributed by atoms with Gasteiger partial charge in [0.15, 0.2) is 0 Å². The molecule has 0 aliphatic carbocycles. The van der Waals surface area contributed by atoms with Crippen molar-refractivity contribution in [1.82, 2.24) is 0 Å². The number of carbonyl (C=O) groups is 2. The lowest BCUT2D eigenvalue weighted by molar-refractivity contribution is -0.138. The van der Waals surface area contributed by atoms with Crippen LogP contribution < -0.4 is 10.4 Å². The van der Waals surface area contributed by atoms with E-state index in [0.29, 0.717) is 13.2 Å². The van der Waals surface area contributed by atoms with Gasteiger partial charge in [0, 0.05) is 12.2 Å². The van der Waals surface area contributed by atoms with Gasteiger partial charge in [0.1, 0.15) is 8.07 Å². The molecule has 0 radical (unpaired) electrons. The third-order valence-electron chi connectivity index (χ3n) is 4.97. The normalized spacial score (nSPS) is 10.8. The Bertz CT molecular complexity index is 733. The van der Waals surface area contributed by atoms with Crippen molar-refractivity contribution in [3.05, 3.63) is 86.0 Å². The maximum absolute atomic E-state index is 11.4. The molecule has 5 heteroatoms. The van der Waals surface area contributed by atoms with Crippen LogP contribution in [-0.4, -0.2) is 33.2 Å². The molecule has 0 saturated carbocycles. The van der Waals surface area contributed by atoms with Crippen molar-refractivity contribution >= 4 is 30.4 Å². The lowest BCUT2D eigenvalue weighted by Gasteiger charge is -2.33. The van der Waals surface area contributed by atoms with Crippen LogP contribution >= 0.6 is 0 Å². The fourth-order valence-electron chi connectivity index (χ4n) is 3.59. The summed E-state index contributed by atoms with van der Waals surface area (Å²) >= 11 is 0. The van der Waals surface area contributed by atoms with E-state index in [2.05, 4.69) is 61.7 Å². The molecule has 152 valence electrons. The van der Waals surface area contributed by atoms with Crippen molar-refractivity contribution in [2.45, 2.75) is 24.9 Å². The van der Waals surface area contributed by atoms with E-state index in [1.165, 1.54) is 22.5 Å². The standard InChI is InChI=1S/C24H28O4Si/c1-3-23(25)27-17-11-19-29(21-13-7-5-8-14-21,22-15-9-6-10-16-22)20-12-18-28-24(26)4-2/h3-10,13-16H,1-2,11-12,17-20H2. The van der Waals surface area contributed by atoms with Crippen LogP contribution in [0.1, 0.15) is 12.8 Å². The predicted octanol–water partition coefficient (Wildman–Crippen LogP) is 3.49. The molecule has 0 fully saturated rings. The number of hydrogen-bond acceptors (Lipinski definition) is 4. The highest BCUT2D eigenvalue weighted by molar-refractivity contribution is 7.02. The van der Waals surface area contributed by atoms with Crippen molar-refractivity contribution in [2.75, 3.05) is 13.2 Å². The van der Waals surface area contributed by atoms with E-state index in [-0.39, 0.29) is 0 Å². The predicted molar refractivity (Wildman–Crippen MR) is 119 cm³/mol. The van der Waals surface area contributed by atoms with E-state index in [9.17, 15) is 9.59 Å². The lowest BCUT2D eigenvalue weighted by atomic mass is 10.4. The highest BCUT2D eigenvalue weighted by atomic mass is 28.3. The monoisotopic (exact) mass is 408 g/mol. The lowest BCUT2D eigenvalue weighted by Crippen LogP contribution is -2.58. The van der Waals surface area contributed by atoms with Gasteiger partial charge in [-0.1, -0.05) is 84.2 Å². The topological polar surface area (TPSA) is 52.6 Å². The Hall–Kier alpha value is -2.92. The van der Waals surface area contributed by atoms with Crippen LogP contribution in [0.3, 0.4) is 0 Å². The molecular weight excluding hydrogens is 380 g/mol. The van der Waals surface area contributed by atoms with Crippen LogP contribution in [0.2, 0.25) is 12.1 Å². The second-order valence-corrected chi connectivity index (χ2v) is 11.1. The Morgan fingerprint density at radius 3 is 1.45 bits per heavy atom. The van der Waals surface area contributed by atoms with Crippen molar-refractivity contribution < 1.29 is 19.1 Å². The van der Waals surface area contributed by atoms with E-state index in [1.807, 2.05) is 12.1 Å². The second kappa shape index (κ2) is 11.8. The Morgan fingerprint density at radius 1 is 0.724 bits per heavy atom. The number of carbonyl (C=O) groups excluding carboxylic acids is 2. The minimum atomic E-state index is -2.15. The summed E-state index contributed by atoms with van der Waals surface area (Å²) in [6.07, 6.45) is 3.91. The van der Waals surface area contributed by atoms with E-state index in [4.69, 9.17) is 9.47 Å². The average molecular weight is 409 g/mol. The molecule has 2 aromatic carbocycles. The number of ether oxygens (including phenoxy) is 2. The summed E-state index contributed by atoms with van der Waals surface area (Å²) < 4.78 is 10.4. The van der Waals surface area contributed by atoms with Crippen molar-refractivity contribution in [3.63, 3.8) is 0 Å². The first-order chi connectivity index (χ1) is 14.1. The zero-order chi connectivity index (χ0) is 21.0. The van der Waals surface area contributed by atoms with Crippen molar-refractivity contribution in [2.24, 2.45) is 0 Å². The summed E-state index contributed by atoms with van der Waals surface area (Å²) in [5.74, 6) is -0.791. The minimum Gasteiger partial charge on any atom is -0.463 e. The summed E-state index contributed by atoms with van der Waals surface area (Å²) in [5, 5.41) is 2.66. The zero-order valence-corrected chi connectivity index (χ0v) is 17.7. The maximum Gasteiger partial charge on any atom is 0.330 e. The van der Waals surface area contributed by atoms with Gasteiger partial charge in [0.05, 0.1) is 13.2 Å². The number of benzene rings is 2. The summed E-state index contributed by atoms with van der Waals surface area (Å²) in [6, 6.07) is 22.9. The van der Waals surface area contributed by atoms with Gasteiger partial charge in [0.25, 0.3) is 0 Å². The molecule has 29 heavy (non-hydrogen) atoms. The molecule has 0 unspecified atom stereocenters. The molecule has 0 amide bonds. The molecule has 2 aromatic rings. The van der Waals surface area contributed by atoms with Gasteiger partial charge in [-0.3, -0.25) is 0 Å². The van der Waals surface area contributed by atoms with Crippen LogP contribution in [-0.2, 0) is 19.1 Å². The smallest absolute Gasteiger partial charge is 0.330 e.